The molecule has 0 atom stereocenters. The maximum absolute atomic E-state index is 6.32. The molecule has 0 fully saturated rings. The maximum Gasteiger partial charge on any atom is 0.227 e. The first-order valence-electron chi connectivity index (χ1n) is 14.8. The zero-order chi connectivity index (χ0) is 29.3. The van der Waals surface area contributed by atoms with Crippen molar-refractivity contribution in [1.29, 1.82) is 0 Å². The number of hydrogen-bond donors (Lipinski definition) is 0. The second kappa shape index (κ2) is 11.0. The Hall–Kier alpha value is -5.93. The maximum atomic E-state index is 6.32. The van der Waals surface area contributed by atoms with Gasteiger partial charge < -0.3 is 9.32 Å². The van der Waals surface area contributed by atoms with Gasteiger partial charge in [-0.2, -0.15) is 0 Å². The van der Waals surface area contributed by atoms with Crippen LogP contribution >= 0.6 is 0 Å². The molecule has 7 aromatic carbocycles. The monoisotopic (exact) mass is 564 g/mol. The number of nitrogens with zero attached hydrogens (tertiary/aromatic N) is 2. The van der Waals surface area contributed by atoms with E-state index in [1.54, 1.807) is 0 Å². The van der Waals surface area contributed by atoms with Gasteiger partial charge in [0.05, 0.1) is 5.69 Å². The molecule has 1 aromatic heterocycles. The van der Waals surface area contributed by atoms with E-state index in [9.17, 15) is 0 Å². The van der Waals surface area contributed by atoms with Crippen LogP contribution in [0, 0.1) is 0 Å². The molecule has 0 bridgehead atoms. The van der Waals surface area contributed by atoms with Gasteiger partial charge in [0.15, 0.2) is 5.58 Å². The zero-order valence-corrected chi connectivity index (χ0v) is 24.0. The van der Waals surface area contributed by atoms with Crippen LogP contribution in [0.25, 0.3) is 55.6 Å². The van der Waals surface area contributed by atoms with Crippen LogP contribution in [0.3, 0.4) is 0 Å². The molecule has 8 rings (SSSR count). The SMILES string of the molecule is c1ccc(-c2ccc(N(c3cccc(-c4ccccc4)c3)c3cccc4ccc5oc(-c6ccccc6)nc5c34)cc2)cc1. The van der Waals surface area contributed by atoms with Crippen molar-refractivity contribution in [3.05, 3.63) is 170 Å². The zero-order valence-electron chi connectivity index (χ0n) is 24.0. The summed E-state index contributed by atoms with van der Waals surface area (Å²) in [4.78, 5) is 7.40. The average molecular weight is 565 g/mol. The van der Waals surface area contributed by atoms with Crippen LogP contribution in [0.5, 0.6) is 0 Å². The van der Waals surface area contributed by atoms with Gasteiger partial charge in [-0.3, -0.25) is 0 Å². The first kappa shape index (κ1) is 25.8. The lowest BCUT2D eigenvalue weighted by atomic mass is 10.0. The number of aromatic nitrogens is 1. The van der Waals surface area contributed by atoms with E-state index in [0.717, 1.165) is 50.1 Å². The Balaban J connectivity index is 1.35. The summed E-state index contributed by atoms with van der Waals surface area (Å²) in [6.45, 7) is 0. The van der Waals surface area contributed by atoms with Crippen molar-refractivity contribution in [3.63, 3.8) is 0 Å². The molecular formula is C41H28N2O. The number of rotatable bonds is 6. The fourth-order valence-corrected chi connectivity index (χ4v) is 5.95. The fourth-order valence-electron chi connectivity index (χ4n) is 5.95. The van der Waals surface area contributed by atoms with Crippen molar-refractivity contribution in [1.82, 2.24) is 4.98 Å². The van der Waals surface area contributed by atoms with Crippen molar-refractivity contribution in [3.8, 4) is 33.7 Å². The third-order valence-electron chi connectivity index (χ3n) is 8.08. The van der Waals surface area contributed by atoms with Gasteiger partial charge in [-0.15, -0.1) is 0 Å². The largest absolute Gasteiger partial charge is 0.436 e. The molecule has 3 nitrogen and oxygen atoms in total. The number of fused-ring (bicyclic) bond motifs is 3. The smallest absolute Gasteiger partial charge is 0.227 e. The van der Waals surface area contributed by atoms with E-state index in [1.807, 2.05) is 42.5 Å². The topological polar surface area (TPSA) is 29.3 Å². The highest BCUT2D eigenvalue weighted by Crippen LogP contribution is 2.43. The summed E-state index contributed by atoms with van der Waals surface area (Å²) < 4.78 is 6.32. The number of anilines is 3. The van der Waals surface area contributed by atoms with Crippen LogP contribution in [0.15, 0.2) is 174 Å². The second-order valence-electron chi connectivity index (χ2n) is 10.8. The highest BCUT2D eigenvalue weighted by atomic mass is 16.3. The Morgan fingerprint density at radius 1 is 0.432 bits per heavy atom. The molecule has 3 heteroatoms. The van der Waals surface area contributed by atoms with Gasteiger partial charge in [-0.25, -0.2) is 4.98 Å². The first-order chi connectivity index (χ1) is 21.8. The lowest BCUT2D eigenvalue weighted by molar-refractivity contribution is 0.620. The van der Waals surface area contributed by atoms with Crippen molar-refractivity contribution < 1.29 is 4.42 Å². The van der Waals surface area contributed by atoms with E-state index < -0.39 is 0 Å². The molecule has 0 spiro atoms. The minimum absolute atomic E-state index is 0.618. The van der Waals surface area contributed by atoms with Gasteiger partial charge in [0.25, 0.3) is 0 Å². The van der Waals surface area contributed by atoms with Gasteiger partial charge in [0.1, 0.15) is 5.52 Å². The van der Waals surface area contributed by atoms with E-state index in [1.165, 1.54) is 16.7 Å². The van der Waals surface area contributed by atoms with Crippen LogP contribution in [-0.4, -0.2) is 4.98 Å². The third kappa shape index (κ3) is 4.71. The second-order valence-corrected chi connectivity index (χ2v) is 10.8. The van der Waals surface area contributed by atoms with Crippen LogP contribution in [0.2, 0.25) is 0 Å². The highest BCUT2D eigenvalue weighted by molar-refractivity contribution is 6.13. The molecule has 0 aliphatic heterocycles. The van der Waals surface area contributed by atoms with E-state index in [2.05, 4.69) is 132 Å². The quantitative estimate of drug-likeness (QED) is 0.201. The molecular weight excluding hydrogens is 536 g/mol. The molecule has 0 saturated heterocycles. The number of hydrogen-bond acceptors (Lipinski definition) is 3. The Labute approximate surface area is 256 Å². The fraction of sp³-hybridized carbons (Fsp3) is 0. The van der Waals surface area contributed by atoms with E-state index in [4.69, 9.17) is 9.40 Å². The predicted molar refractivity (Wildman–Crippen MR) is 183 cm³/mol. The summed E-state index contributed by atoms with van der Waals surface area (Å²) in [6.07, 6.45) is 0. The molecule has 0 amide bonds. The van der Waals surface area contributed by atoms with Gasteiger partial charge in [0, 0.05) is 22.3 Å². The Morgan fingerprint density at radius 3 is 1.73 bits per heavy atom. The average Bonchev–Trinajstić information content (AvgIpc) is 3.55. The molecule has 0 aliphatic rings. The van der Waals surface area contributed by atoms with Crippen molar-refractivity contribution in [2.75, 3.05) is 4.90 Å². The van der Waals surface area contributed by atoms with Gasteiger partial charge in [-0.05, 0) is 76.2 Å². The summed E-state index contributed by atoms with van der Waals surface area (Å²) in [6, 6.07) is 59.2. The summed E-state index contributed by atoms with van der Waals surface area (Å²) in [5.41, 5.74) is 10.4. The van der Waals surface area contributed by atoms with E-state index in [-0.39, 0.29) is 0 Å². The van der Waals surface area contributed by atoms with Crippen LogP contribution in [-0.2, 0) is 0 Å². The lowest BCUT2D eigenvalue weighted by Crippen LogP contribution is -2.10. The molecule has 0 saturated carbocycles. The van der Waals surface area contributed by atoms with Crippen LogP contribution in [0.1, 0.15) is 0 Å². The molecule has 0 radical (unpaired) electrons. The van der Waals surface area contributed by atoms with Gasteiger partial charge in [0.2, 0.25) is 5.89 Å². The molecule has 0 unspecified atom stereocenters. The van der Waals surface area contributed by atoms with Crippen LogP contribution < -0.4 is 4.90 Å². The lowest BCUT2D eigenvalue weighted by Gasteiger charge is -2.27. The van der Waals surface area contributed by atoms with E-state index >= 15 is 0 Å². The highest BCUT2D eigenvalue weighted by Gasteiger charge is 2.20. The summed E-state index contributed by atoms with van der Waals surface area (Å²) in [7, 11) is 0. The predicted octanol–water partition coefficient (Wildman–Crippen LogP) is 11.5. The minimum Gasteiger partial charge on any atom is -0.436 e. The standard InChI is InChI=1S/C41H28N2O/c1-4-12-29(13-5-1)31-22-25-35(26-23-31)43(36-20-10-19-34(28-36)30-14-6-2-7-15-30)37-21-11-18-32-24-27-38-40(39(32)37)42-41(44-38)33-16-8-3-9-17-33/h1-28H. The van der Waals surface area contributed by atoms with Crippen LogP contribution in [0.4, 0.5) is 17.1 Å². The van der Waals surface area contributed by atoms with Crippen molar-refractivity contribution >= 4 is 38.9 Å². The van der Waals surface area contributed by atoms with Gasteiger partial charge in [-0.1, -0.05) is 121 Å². The van der Waals surface area contributed by atoms with E-state index in [0.29, 0.717) is 5.89 Å². The Morgan fingerprint density at radius 2 is 1.02 bits per heavy atom. The Kier molecular flexibility index (Phi) is 6.47. The minimum atomic E-state index is 0.618. The summed E-state index contributed by atoms with van der Waals surface area (Å²) in [5.74, 6) is 0.618. The van der Waals surface area contributed by atoms with Crippen molar-refractivity contribution in [2.45, 2.75) is 0 Å². The Bertz CT molecular complexity index is 2200. The molecule has 8 aromatic rings. The first-order valence-corrected chi connectivity index (χ1v) is 14.8. The third-order valence-corrected chi connectivity index (χ3v) is 8.08. The normalized spacial score (nSPS) is 11.2. The number of oxazole rings is 1. The number of benzene rings is 7. The molecule has 44 heavy (non-hydrogen) atoms. The van der Waals surface area contributed by atoms with Crippen molar-refractivity contribution in [2.24, 2.45) is 0 Å². The van der Waals surface area contributed by atoms with Gasteiger partial charge >= 0.3 is 0 Å². The molecule has 208 valence electrons. The molecule has 1 heterocycles. The molecule has 0 N–H and O–H groups in total. The summed E-state index contributed by atoms with van der Waals surface area (Å²) in [5, 5.41) is 2.15. The molecule has 0 aliphatic carbocycles. The summed E-state index contributed by atoms with van der Waals surface area (Å²) >= 11 is 0.